The first-order valence-electron chi connectivity index (χ1n) is 8.79. The fourth-order valence-electron chi connectivity index (χ4n) is 2.32. The van der Waals surface area contributed by atoms with Crippen LogP contribution in [0.15, 0.2) is 0 Å². The summed E-state index contributed by atoms with van der Waals surface area (Å²) < 4.78 is 32.9. The van der Waals surface area contributed by atoms with Gasteiger partial charge in [0.1, 0.15) is 19.6 Å². The molecule has 0 bridgehead atoms. The second-order valence-electron chi connectivity index (χ2n) is 5.64. The molecule has 0 aromatic carbocycles. The molecule has 8 nitrogen and oxygen atoms in total. The lowest BCUT2D eigenvalue weighted by molar-refractivity contribution is -0.927. The molecule has 0 aromatic heterocycles. The number of rotatable bonds is 19. The van der Waals surface area contributed by atoms with Gasteiger partial charge in [0.2, 0.25) is 0 Å². The summed E-state index contributed by atoms with van der Waals surface area (Å²) in [4.78, 5) is 0. The Kier molecular flexibility index (Phi) is 21.5. The molecule has 8 heteroatoms. The standard InChI is InChI=1S/C17H38NO6.H2O/c1-5-18(6-9-22-15-12-19-2,7-10-23-16-13-20-3)8-11-24-17-14-21-4;/h5-17H2,1-4H3;1H2/q+1;/p-1. The topological polar surface area (TPSA) is 85.4 Å². The van der Waals surface area contributed by atoms with Crippen LogP contribution in [-0.2, 0) is 28.4 Å². The van der Waals surface area contributed by atoms with Crippen molar-refractivity contribution in [3.8, 4) is 0 Å². The summed E-state index contributed by atoms with van der Waals surface area (Å²) in [6, 6.07) is 0. The van der Waals surface area contributed by atoms with Gasteiger partial charge in [-0.15, -0.1) is 0 Å². The van der Waals surface area contributed by atoms with Crippen LogP contribution in [0.1, 0.15) is 6.92 Å². The van der Waals surface area contributed by atoms with Gasteiger partial charge in [-0.2, -0.15) is 0 Å². The zero-order valence-electron chi connectivity index (χ0n) is 16.5. The highest BCUT2D eigenvalue weighted by molar-refractivity contribution is 4.46. The molecule has 25 heavy (non-hydrogen) atoms. The number of hydrogen-bond acceptors (Lipinski definition) is 7. The van der Waals surface area contributed by atoms with E-state index in [9.17, 15) is 0 Å². The first-order valence-corrected chi connectivity index (χ1v) is 8.79. The largest absolute Gasteiger partial charge is 0.870 e. The molecule has 0 fully saturated rings. The normalized spacial score (nSPS) is 11.5. The van der Waals surface area contributed by atoms with Crippen molar-refractivity contribution in [3.63, 3.8) is 0 Å². The van der Waals surface area contributed by atoms with E-state index >= 15 is 0 Å². The number of likely N-dealkylation sites (N-methyl/N-ethyl adjacent to an activating group) is 1. The fourth-order valence-corrected chi connectivity index (χ4v) is 2.32. The van der Waals surface area contributed by atoms with Gasteiger partial charge in [0.25, 0.3) is 0 Å². The SMILES string of the molecule is CC[N+](CCOCCOC)(CCOCCOC)CCOCCOC.[OH-]. The van der Waals surface area contributed by atoms with Gasteiger partial charge in [0.15, 0.2) is 0 Å². The monoisotopic (exact) mass is 369 g/mol. The van der Waals surface area contributed by atoms with Crippen molar-refractivity contribution < 1.29 is 38.4 Å². The first-order chi connectivity index (χ1) is 11.7. The van der Waals surface area contributed by atoms with E-state index in [4.69, 9.17) is 28.4 Å². The molecule has 0 saturated heterocycles. The molecular formula is C17H39NO7. The average Bonchev–Trinajstić information content (AvgIpc) is 2.60. The van der Waals surface area contributed by atoms with Gasteiger partial charge in [0.05, 0.1) is 66.0 Å². The lowest BCUT2D eigenvalue weighted by atomic mass is 10.3. The maximum atomic E-state index is 5.66. The summed E-state index contributed by atoms with van der Waals surface area (Å²) in [5.41, 5.74) is 0. The number of ether oxygens (including phenoxy) is 6. The third-order valence-corrected chi connectivity index (χ3v) is 4.10. The number of methoxy groups -OCH3 is 3. The lowest BCUT2D eigenvalue weighted by Crippen LogP contribution is -2.53. The molecule has 0 amide bonds. The highest BCUT2D eigenvalue weighted by Gasteiger charge is 2.25. The predicted octanol–water partition coefficient (Wildman–Crippen LogP) is 0.635. The maximum Gasteiger partial charge on any atom is 0.103 e. The Hall–Kier alpha value is -0.320. The highest BCUT2D eigenvalue weighted by Crippen LogP contribution is 2.07. The Morgan fingerprint density at radius 2 is 0.840 bits per heavy atom. The van der Waals surface area contributed by atoms with Crippen molar-refractivity contribution >= 4 is 0 Å². The average molecular weight is 369 g/mol. The molecule has 0 saturated carbocycles. The summed E-state index contributed by atoms with van der Waals surface area (Å²) in [5, 5.41) is 0. The quantitative estimate of drug-likeness (QED) is 0.244. The third kappa shape index (κ3) is 15.6. The molecule has 0 aromatic rings. The predicted molar refractivity (Wildman–Crippen MR) is 95.4 cm³/mol. The third-order valence-electron chi connectivity index (χ3n) is 4.10. The van der Waals surface area contributed by atoms with E-state index in [1.807, 2.05) is 0 Å². The summed E-state index contributed by atoms with van der Waals surface area (Å²) >= 11 is 0. The van der Waals surface area contributed by atoms with Crippen molar-refractivity contribution in [2.45, 2.75) is 6.92 Å². The van der Waals surface area contributed by atoms with E-state index < -0.39 is 0 Å². The van der Waals surface area contributed by atoms with Gasteiger partial charge in [0, 0.05) is 21.3 Å². The zero-order valence-corrected chi connectivity index (χ0v) is 16.5. The van der Waals surface area contributed by atoms with Crippen LogP contribution in [0, 0.1) is 0 Å². The molecule has 0 unspecified atom stereocenters. The van der Waals surface area contributed by atoms with Crippen LogP contribution in [0.5, 0.6) is 0 Å². The smallest absolute Gasteiger partial charge is 0.103 e. The van der Waals surface area contributed by atoms with E-state index in [-0.39, 0.29) is 5.48 Å². The van der Waals surface area contributed by atoms with Gasteiger partial charge in [-0.1, -0.05) is 0 Å². The minimum Gasteiger partial charge on any atom is -0.870 e. The minimum absolute atomic E-state index is 0. The molecular weight excluding hydrogens is 330 g/mol. The van der Waals surface area contributed by atoms with Gasteiger partial charge >= 0.3 is 0 Å². The van der Waals surface area contributed by atoms with Crippen molar-refractivity contribution in [2.24, 2.45) is 0 Å². The summed E-state index contributed by atoms with van der Waals surface area (Å²) in [7, 11) is 5.05. The van der Waals surface area contributed by atoms with E-state index in [1.54, 1.807) is 21.3 Å². The zero-order chi connectivity index (χ0) is 17.9. The summed E-state index contributed by atoms with van der Waals surface area (Å²) in [5.74, 6) is 0. The van der Waals surface area contributed by atoms with Crippen LogP contribution < -0.4 is 0 Å². The maximum absolute atomic E-state index is 5.66. The Balaban J connectivity index is 0. The van der Waals surface area contributed by atoms with Crippen LogP contribution in [0.2, 0.25) is 0 Å². The molecule has 0 radical (unpaired) electrons. The number of nitrogens with zero attached hydrogens (tertiary/aromatic N) is 1. The van der Waals surface area contributed by atoms with Crippen LogP contribution in [0.25, 0.3) is 0 Å². The Morgan fingerprint density at radius 3 is 1.08 bits per heavy atom. The van der Waals surface area contributed by atoms with Gasteiger partial charge in [-0.25, -0.2) is 0 Å². The number of quaternary nitrogens is 1. The molecule has 0 spiro atoms. The van der Waals surface area contributed by atoms with Gasteiger partial charge < -0.3 is 38.4 Å². The molecule has 154 valence electrons. The van der Waals surface area contributed by atoms with Crippen molar-refractivity contribution in [1.82, 2.24) is 0 Å². The summed E-state index contributed by atoms with van der Waals surface area (Å²) in [6.45, 7) is 12.0. The fraction of sp³-hybridized carbons (Fsp3) is 1.00. The molecule has 0 atom stereocenters. The molecule has 0 aliphatic carbocycles. The lowest BCUT2D eigenvalue weighted by Gasteiger charge is -2.37. The van der Waals surface area contributed by atoms with Crippen molar-refractivity contribution in [3.05, 3.63) is 0 Å². The highest BCUT2D eigenvalue weighted by atomic mass is 16.5. The Labute approximate surface area is 153 Å². The number of hydrogen-bond donors (Lipinski definition) is 0. The van der Waals surface area contributed by atoms with Crippen molar-refractivity contribution in [2.75, 3.05) is 107 Å². The van der Waals surface area contributed by atoms with Crippen LogP contribution in [0.4, 0.5) is 0 Å². The van der Waals surface area contributed by atoms with E-state index in [0.29, 0.717) is 59.5 Å². The van der Waals surface area contributed by atoms with Crippen molar-refractivity contribution in [1.29, 1.82) is 0 Å². The van der Waals surface area contributed by atoms with Crippen LogP contribution >= 0.6 is 0 Å². The minimum atomic E-state index is 0. The second kappa shape index (κ2) is 20.0. The molecule has 1 N–H and O–H groups in total. The van der Waals surface area contributed by atoms with E-state index in [1.165, 1.54) is 0 Å². The molecule has 0 aliphatic heterocycles. The molecule has 0 rings (SSSR count). The second-order valence-corrected chi connectivity index (χ2v) is 5.64. The Morgan fingerprint density at radius 1 is 0.520 bits per heavy atom. The van der Waals surface area contributed by atoms with Crippen LogP contribution in [0.3, 0.4) is 0 Å². The molecule has 0 aliphatic rings. The first kappa shape index (κ1) is 26.9. The van der Waals surface area contributed by atoms with Gasteiger partial charge in [-0.3, -0.25) is 0 Å². The summed E-state index contributed by atoms with van der Waals surface area (Å²) in [6.07, 6.45) is 0. The molecule has 0 heterocycles. The van der Waals surface area contributed by atoms with E-state index in [0.717, 1.165) is 30.7 Å². The van der Waals surface area contributed by atoms with E-state index in [2.05, 4.69) is 6.92 Å². The van der Waals surface area contributed by atoms with Crippen LogP contribution in [-0.4, -0.2) is 117 Å². The van der Waals surface area contributed by atoms with Gasteiger partial charge in [-0.05, 0) is 6.92 Å². The Bertz CT molecular complexity index is 221.